The molecule has 0 spiro atoms. The fourth-order valence-electron chi connectivity index (χ4n) is 2.36. The molecule has 1 aromatic carbocycles. The van der Waals surface area contributed by atoms with E-state index in [0.29, 0.717) is 25.1 Å². The zero-order valence-electron chi connectivity index (χ0n) is 11.8. The molecule has 2 rings (SSSR count). The second-order valence-electron chi connectivity index (χ2n) is 5.65. The first-order valence-corrected chi connectivity index (χ1v) is 6.77. The van der Waals surface area contributed by atoms with Gasteiger partial charge in [-0.05, 0) is 38.8 Å². The van der Waals surface area contributed by atoms with E-state index >= 15 is 0 Å². The summed E-state index contributed by atoms with van der Waals surface area (Å²) in [7, 11) is 0. The van der Waals surface area contributed by atoms with Gasteiger partial charge in [-0.1, -0.05) is 17.7 Å². The number of carbonyl (C=O) groups excluding carboxylic acids is 2. The van der Waals surface area contributed by atoms with Crippen molar-refractivity contribution < 1.29 is 14.7 Å². The van der Waals surface area contributed by atoms with Crippen LogP contribution in [0.2, 0.25) is 0 Å². The van der Waals surface area contributed by atoms with Crippen LogP contribution in [0.25, 0.3) is 0 Å². The number of anilines is 1. The van der Waals surface area contributed by atoms with E-state index in [9.17, 15) is 14.7 Å². The second kappa shape index (κ2) is 5.63. The van der Waals surface area contributed by atoms with Crippen LogP contribution in [-0.4, -0.2) is 40.5 Å². The summed E-state index contributed by atoms with van der Waals surface area (Å²) in [6, 6.07) is 7.25. The normalized spacial score (nSPS) is 22.4. The van der Waals surface area contributed by atoms with Crippen LogP contribution in [0.1, 0.15) is 25.3 Å². The van der Waals surface area contributed by atoms with E-state index in [1.165, 1.54) is 4.90 Å². The Hall–Kier alpha value is -1.88. The molecular weight excluding hydrogens is 256 g/mol. The predicted octanol–water partition coefficient (Wildman–Crippen LogP) is 1.31. The molecule has 108 valence electrons. The van der Waals surface area contributed by atoms with Crippen LogP contribution in [0, 0.1) is 6.92 Å². The van der Waals surface area contributed by atoms with Crippen molar-refractivity contribution in [2.45, 2.75) is 32.3 Å². The van der Waals surface area contributed by atoms with Gasteiger partial charge >= 0.3 is 11.8 Å². The maximum atomic E-state index is 12.1. The molecule has 1 unspecified atom stereocenters. The van der Waals surface area contributed by atoms with E-state index in [-0.39, 0.29) is 6.54 Å². The number of nitrogens with zero attached hydrogens (tertiary/aromatic N) is 1. The van der Waals surface area contributed by atoms with Gasteiger partial charge in [-0.3, -0.25) is 9.59 Å². The molecule has 1 atom stereocenters. The molecule has 0 aliphatic carbocycles. The Morgan fingerprint density at radius 1 is 1.30 bits per heavy atom. The summed E-state index contributed by atoms with van der Waals surface area (Å²) in [5, 5.41) is 12.6. The number of piperidine rings is 1. The molecule has 0 radical (unpaired) electrons. The van der Waals surface area contributed by atoms with Crippen molar-refractivity contribution in [3.05, 3.63) is 29.8 Å². The number of rotatable bonds is 1. The minimum atomic E-state index is -0.905. The molecule has 0 saturated carbocycles. The Morgan fingerprint density at radius 3 is 2.55 bits per heavy atom. The van der Waals surface area contributed by atoms with E-state index in [1.807, 2.05) is 19.1 Å². The summed E-state index contributed by atoms with van der Waals surface area (Å²) < 4.78 is 0. The summed E-state index contributed by atoms with van der Waals surface area (Å²) in [5.74, 6) is -1.25. The zero-order valence-corrected chi connectivity index (χ0v) is 11.8. The Kier molecular flexibility index (Phi) is 4.09. The smallest absolute Gasteiger partial charge is 0.313 e. The van der Waals surface area contributed by atoms with E-state index in [0.717, 1.165) is 5.56 Å². The maximum absolute atomic E-state index is 12.1. The quantitative estimate of drug-likeness (QED) is 0.760. The third-order valence-corrected chi connectivity index (χ3v) is 3.47. The lowest BCUT2D eigenvalue weighted by Crippen LogP contribution is -2.51. The number of benzene rings is 1. The number of carbonyl (C=O) groups is 2. The Labute approximate surface area is 118 Å². The maximum Gasteiger partial charge on any atom is 0.313 e. The number of hydrogen-bond donors (Lipinski definition) is 2. The van der Waals surface area contributed by atoms with Gasteiger partial charge in [0.25, 0.3) is 0 Å². The molecule has 1 fully saturated rings. The first kappa shape index (κ1) is 14.5. The van der Waals surface area contributed by atoms with Gasteiger partial charge in [-0.2, -0.15) is 0 Å². The molecule has 1 aliphatic heterocycles. The molecule has 2 amide bonds. The molecule has 1 saturated heterocycles. The van der Waals surface area contributed by atoms with Crippen LogP contribution in [-0.2, 0) is 9.59 Å². The Morgan fingerprint density at radius 2 is 1.95 bits per heavy atom. The van der Waals surface area contributed by atoms with E-state index in [1.54, 1.807) is 19.1 Å². The highest BCUT2D eigenvalue weighted by Gasteiger charge is 2.33. The number of β-amino-alcohol motifs (C(OH)–C–C–N with tert-alkyl or cyclic N) is 1. The standard InChI is InChI=1S/C15H20N2O3/c1-11-4-6-12(7-5-11)16-13(18)14(19)17-9-3-8-15(2,20)10-17/h4-7,20H,3,8-10H2,1-2H3,(H,16,18). The van der Waals surface area contributed by atoms with Crippen molar-refractivity contribution in [3.63, 3.8) is 0 Å². The summed E-state index contributed by atoms with van der Waals surface area (Å²) in [6.45, 7) is 4.35. The fraction of sp³-hybridized carbons (Fsp3) is 0.467. The lowest BCUT2D eigenvalue weighted by Gasteiger charge is -2.36. The molecule has 0 aromatic heterocycles. The molecule has 1 heterocycles. The van der Waals surface area contributed by atoms with Crippen molar-refractivity contribution in [1.29, 1.82) is 0 Å². The highest BCUT2D eigenvalue weighted by Crippen LogP contribution is 2.20. The predicted molar refractivity (Wildman–Crippen MR) is 76.2 cm³/mol. The van der Waals surface area contributed by atoms with E-state index in [4.69, 9.17) is 0 Å². The first-order valence-electron chi connectivity index (χ1n) is 6.77. The summed E-state index contributed by atoms with van der Waals surface area (Å²) in [5.41, 5.74) is 0.775. The third kappa shape index (κ3) is 3.57. The van der Waals surface area contributed by atoms with E-state index in [2.05, 4.69) is 5.32 Å². The number of aliphatic hydroxyl groups is 1. The van der Waals surface area contributed by atoms with Crippen molar-refractivity contribution in [3.8, 4) is 0 Å². The molecule has 1 aliphatic rings. The lowest BCUT2D eigenvalue weighted by atomic mass is 9.95. The van der Waals surface area contributed by atoms with Gasteiger partial charge in [0.05, 0.1) is 5.60 Å². The van der Waals surface area contributed by atoms with Crippen LogP contribution >= 0.6 is 0 Å². The van der Waals surface area contributed by atoms with Crippen LogP contribution in [0.3, 0.4) is 0 Å². The minimum absolute atomic E-state index is 0.202. The number of nitrogens with one attached hydrogen (secondary N) is 1. The SMILES string of the molecule is Cc1ccc(NC(=O)C(=O)N2CCCC(C)(O)C2)cc1. The van der Waals surface area contributed by atoms with Crippen molar-refractivity contribution in [1.82, 2.24) is 4.90 Å². The highest BCUT2D eigenvalue weighted by atomic mass is 16.3. The topological polar surface area (TPSA) is 69.6 Å². The van der Waals surface area contributed by atoms with Crippen LogP contribution in [0.15, 0.2) is 24.3 Å². The average Bonchev–Trinajstić information content (AvgIpc) is 2.39. The fourth-order valence-corrected chi connectivity index (χ4v) is 2.36. The number of aryl methyl sites for hydroxylation is 1. The van der Waals surface area contributed by atoms with Gasteiger partial charge in [0.2, 0.25) is 0 Å². The van der Waals surface area contributed by atoms with Gasteiger partial charge in [0.15, 0.2) is 0 Å². The van der Waals surface area contributed by atoms with Crippen LogP contribution in [0.4, 0.5) is 5.69 Å². The van der Waals surface area contributed by atoms with Gasteiger partial charge in [0.1, 0.15) is 0 Å². The molecule has 2 N–H and O–H groups in total. The summed E-state index contributed by atoms with van der Waals surface area (Å²) in [4.78, 5) is 25.4. The summed E-state index contributed by atoms with van der Waals surface area (Å²) in [6.07, 6.45) is 1.35. The number of amides is 2. The lowest BCUT2D eigenvalue weighted by molar-refractivity contribution is -0.147. The van der Waals surface area contributed by atoms with Crippen LogP contribution < -0.4 is 5.32 Å². The monoisotopic (exact) mass is 276 g/mol. The van der Waals surface area contributed by atoms with Crippen molar-refractivity contribution in [2.75, 3.05) is 18.4 Å². The molecule has 5 heteroatoms. The molecule has 0 bridgehead atoms. The minimum Gasteiger partial charge on any atom is -0.388 e. The Balaban J connectivity index is 1.98. The second-order valence-corrected chi connectivity index (χ2v) is 5.65. The highest BCUT2D eigenvalue weighted by molar-refractivity contribution is 6.39. The van der Waals surface area contributed by atoms with Gasteiger partial charge in [0, 0.05) is 18.8 Å². The van der Waals surface area contributed by atoms with Crippen LogP contribution in [0.5, 0.6) is 0 Å². The zero-order chi connectivity index (χ0) is 14.8. The largest absolute Gasteiger partial charge is 0.388 e. The average molecular weight is 276 g/mol. The van der Waals surface area contributed by atoms with Gasteiger partial charge < -0.3 is 15.3 Å². The van der Waals surface area contributed by atoms with Gasteiger partial charge in [-0.25, -0.2) is 0 Å². The number of likely N-dealkylation sites (tertiary alicyclic amines) is 1. The Bertz CT molecular complexity index is 508. The molecule has 1 aromatic rings. The first-order chi connectivity index (χ1) is 9.37. The van der Waals surface area contributed by atoms with Crippen molar-refractivity contribution >= 4 is 17.5 Å². The molecular formula is C15H20N2O3. The van der Waals surface area contributed by atoms with Crippen molar-refractivity contribution in [2.24, 2.45) is 0 Å². The summed E-state index contributed by atoms with van der Waals surface area (Å²) >= 11 is 0. The molecule has 5 nitrogen and oxygen atoms in total. The van der Waals surface area contributed by atoms with E-state index < -0.39 is 17.4 Å². The van der Waals surface area contributed by atoms with Gasteiger partial charge in [-0.15, -0.1) is 0 Å². The number of hydrogen-bond acceptors (Lipinski definition) is 3. The third-order valence-electron chi connectivity index (χ3n) is 3.47. The molecule has 20 heavy (non-hydrogen) atoms.